The molecule has 0 saturated carbocycles. The maximum atomic E-state index is 12.9. The van der Waals surface area contributed by atoms with Crippen molar-refractivity contribution < 1.29 is 18.1 Å². The fraction of sp³-hybridized carbons (Fsp3) is 0.286. The van der Waals surface area contributed by atoms with E-state index < -0.39 is 14.8 Å². The van der Waals surface area contributed by atoms with Crippen molar-refractivity contribution in [1.29, 1.82) is 0 Å². The molecule has 0 aliphatic carbocycles. The molecule has 0 N–H and O–H groups in total. The molecule has 1 unspecified atom stereocenters. The van der Waals surface area contributed by atoms with Gasteiger partial charge in [-0.05, 0) is 42.7 Å². The second kappa shape index (κ2) is 8.57. The molecule has 152 valence electrons. The van der Waals surface area contributed by atoms with Gasteiger partial charge in [0, 0.05) is 30.8 Å². The van der Waals surface area contributed by atoms with Gasteiger partial charge in [-0.3, -0.25) is 14.9 Å². The summed E-state index contributed by atoms with van der Waals surface area (Å²) < 4.78 is 23.8. The topological polar surface area (TPSA) is 97.6 Å². The summed E-state index contributed by atoms with van der Waals surface area (Å²) in [6.45, 7) is 2.30. The van der Waals surface area contributed by atoms with Crippen LogP contribution in [0.15, 0.2) is 54.6 Å². The fourth-order valence-electron chi connectivity index (χ4n) is 3.27. The normalized spacial score (nSPS) is 18.0. The summed E-state index contributed by atoms with van der Waals surface area (Å²) in [6.07, 6.45) is 3.39. The van der Waals surface area contributed by atoms with Crippen molar-refractivity contribution in [2.45, 2.75) is 25.9 Å². The van der Waals surface area contributed by atoms with E-state index in [1.165, 1.54) is 18.2 Å². The first-order valence-electron chi connectivity index (χ1n) is 9.23. The summed E-state index contributed by atoms with van der Waals surface area (Å²) in [5.41, 5.74) is 2.66. The molecule has 1 heterocycles. The molecule has 2 aromatic carbocycles. The highest BCUT2D eigenvalue weighted by Crippen LogP contribution is 2.21. The molecule has 29 heavy (non-hydrogen) atoms. The van der Waals surface area contributed by atoms with E-state index in [0.717, 1.165) is 11.1 Å². The lowest BCUT2D eigenvalue weighted by molar-refractivity contribution is -0.384. The molecule has 1 amide bonds. The Morgan fingerprint density at radius 1 is 1.17 bits per heavy atom. The second-order valence-electron chi connectivity index (χ2n) is 7.19. The standard InChI is InChI=1S/C21H22N2O5S/c1-16-2-4-18(5-3-16)14-22(20-12-13-29(27,28)15-20)21(24)11-8-17-6-9-19(10-7-17)23(25)26/h2-11,20H,12-15H2,1H3/b11-8+. The molecule has 3 rings (SSSR count). The van der Waals surface area contributed by atoms with Gasteiger partial charge in [0.2, 0.25) is 5.91 Å². The minimum atomic E-state index is -3.13. The third-order valence-electron chi connectivity index (χ3n) is 4.93. The van der Waals surface area contributed by atoms with Gasteiger partial charge in [-0.2, -0.15) is 0 Å². The Morgan fingerprint density at radius 2 is 1.83 bits per heavy atom. The molecule has 0 radical (unpaired) electrons. The molecule has 1 aliphatic heterocycles. The molecule has 0 spiro atoms. The summed E-state index contributed by atoms with van der Waals surface area (Å²) in [6, 6.07) is 13.3. The van der Waals surface area contributed by atoms with Crippen molar-refractivity contribution in [3.8, 4) is 0 Å². The van der Waals surface area contributed by atoms with Crippen LogP contribution in [-0.4, -0.2) is 41.7 Å². The summed E-state index contributed by atoms with van der Waals surface area (Å²) in [5.74, 6) is -0.233. The summed E-state index contributed by atoms with van der Waals surface area (Å²) >= 11 is 0. The van der Waals surface area contributed by atoms with Gasteiger partial charge in [-0.1, -0.05) is 29.8 Å². The highest BCUT2D eigenvalue weighted by Gasteiger charge is 2.34. The van der Waals surface area contributed by atoms with Crippen molar-refractivity contribution in [1.82, 2.24) is 4.90 Å². The van der Waals surface area contributed by atoms with Crippen LogP contribution in [0.3, 0.4) is 0 Å². The molecule has 0 aromatic heterocycles. The largest absolute Gasteiger partial charge is 0.331 e. The number of hydrogen-bond acceptors (Lipinski definition) is 5. The molecule has 8 heteroatoms. The number of carbonyl (C=O) groups excluding carboxylic acids is 1. The number of rotatable bonds is 6. The highest BCUT2D eigenvalue weighted by molar-refractivity contribution is 7.91. The first-order chi connectivity index (χ1) is 13.7. The Morgan fingerprint density at radius 3 is 2.38 bits per heavy atom. The Bertz CT molecular complexity index is 1030. The summed E-state index contributed by atoms with van der Waals surface area (Å²) in [5, 5.41) is 10.7. The Kier molecular flexibility index (Phi) is 6.12. The Hall–Kier alpha value is -3.00. The molecule has 2 aromatic rings. The number of sulfone groups is 1. The van der Waals surface area contributed by atoms with E-state index in [1.807, 2.05) is 31.2 Å². The van der Waals surface area contributed by atoms with Crippen LogP contribution in [-0.2, 0) is 21.2 Å². The number of hydrogen-bond donors (Lipinski definition) is 0. The predicted molar refractivity (Wildman–Crippen MR) is 111 cm³/mol. The van der Waals surface area contributed by atoms with Crippen LogP contribution in [0, 0.1) is 17.0 Å². The van der Waals surface area contributed by atoms with Gasteiger partial charge in [0.25, 0.3) is 5.69 Å². The van der Waals surface area contributed by atoms with Gasteiger partial charge in [-0.15, -0.1) is 0 Å². The zero-order valence-corrected chi connectivity index (χ0v) is 16.8. The van der Waals surface area contributed by atoms with Crippen molar-refractivity contribution in [2.24, 2.45) is 0 Å². The summed E-state index contributed by atoms with van der Waals surface area (Å²) in [4.78, 5) is 24.7. The van der Waals surface area contributed by atoms with Crippen LogP contribution >= 0.6 is 0 Å². The van der Waals surface area contributed by atoms with Gasteiger partial charge in [-0.25, -0.2) is 8.42 Å². The van der Waals surface area contributed by atoms with Crippen molar-refractivity contribution >= 4 is 27.5 Å². The minimum Gasteiger partial charge on any atom is -0.331 e. The van der Waals surface area contributed by atoms with Gasteiger partial charge in [0.1, 0.15) is 0 Å². The number of benzene rings is 2. The van der Waals surface area contributed by atoms with Crippen LogP contribution in [0.5, 0.6) is 0 Å². The first kappa shape index (κ1) is 20.7. The summed E-state index contributed by atoms with van der Waals surface area (Å²) in [7, 11) is -3.13. The number of nitro groups is 1. The molecule has 1 atom stereocenters. The monoisotopic (exact) mass is 414 g/mol. The van der Waals surface area contributed by atoms with E-state index in [0.29, 0.717) is 18.5 Å². The molecule has 1 fully saturated rings. The third kappa shape index (κ3) is 5.51. The number of nitrogens with zero attached hydrogens (tertiary/aromatic N) is 2. The minimum absolute atomic E-state index is 0.0226. The second-order valence-corrected chi connectivity index (χ2v) is 9.42. The van der Waals surface area contributed by atoms with Crippen LogP contribution < -0.4 is 0 Å². The maximum Gasteiger partial charge on any atom is 0.269 e. The van der Waals surface area contributed by atoms with Crippen LogP contribution in [0.1, 0.15) is 23.1 Å². The van der Waals surface area contributed by atoms with E-state index >= 15 is 0 Å². The van der Waals surface area contributed by atoms with Crippen LogP contribution in [0.2, 0.25) is 0 Å². The van der Waals surface area contributed by atoms with Gasteiger partial charge in [0.15, 0.2) is 9.84 Å². The van der Waals surface area contributed by atoms with Gasteiger partial charge < -0.3 is 4.90 Å². The van der Waals surface area contributed by atoms with E-state index in [2.05, 4.69) is 0 Å². The SMILES string of the molecule is Cc1ccc(CN(C(=O)/C=C/c2ccc([N+](=O)[O-])cc2)C2CCS(=O)(=O)C2)cc1. The molecule has 7 nitrogen and oxygen atoms in total. The molecular formula is C21H22N2O5S. The lowest BCUT2D eigenvalue weighted by atomic mass is 10.1. The third-order valence-corrected chi connectivity index (χ3v) is 6.68. The molecular weight excluding hydrogens is 392 g/mol. The first-order valence-corrected chi connectivity index (χ1v) is 11.0. The smallest absolute Gasteiger partial charge is 0.269 e. The van der Waals surface area contributed by atoms with Crippen molar-refractivity contribution in [3.63, 3.8) is 0 Å². The van der Waals surface area contributed by atoms with E-state index in [-0.39, 0.29) is 29.1 Å². The highest BCUT2D eigenvalue weighted by atomic mass is 32.2. The maximum absolute atomic E-state index is 12.9. The zero-order valence-electron chi connectivity index (χ0n) is 16.0. The fourth-order valence-corrected chi connectivity index (χ4v) is 5.00. The molecule has 0 bridgehead atoms. The zero-order chi connectivity index (χ0) is 21.0. The van der Waals surface area contributed by atoms with Gasteiger partial charge >= 0.3 is 0 Å². The Balaban J connectivity index is 1.79. The molecule has 1 aliphatic rings. The van der Waals surface area contributed by atoms with Crippen molar-refractivity contribution in [2.75, 3.05) is 11.5 Å². The quantitative estimate of drug-likeness (QED) is 0.411. The number of aryl methyl sites for hydroxylation is 1. The van der Waals surface area contributed by atoms with Crippen LogP contribution in [0.25, 0.3) is 6.08 Å². The van der Waals surface area contributed by atoms with E-state index in [4.69, 9.17) is 0 Å². The van der Waals surface area contributed by atoms with E-state index in [1.54, 1.807) is 23.1 Å². The average Bonchev–Trinajstić information content (AvgIpc) is 3.05. The lowest BCUT2D eigenvalue weighted by Crippen LogP contribution is -2.39. The number of amides is 1. The lowest BCUT2D eigenvalue weighted by Gasteiger charge is -2.27. The van der Waals surface area contributed by atoms with Gasteiger partial charge in [0.05, 0.1) is 16.4 Å². The molecule has 1 saturated heterocycles. The van der Waals surface area contributed by atoms with E-state index in [9.17, 15) is 23.3 Å². The number of carbonyl (C=O) groups is 1. The Labute approximate surface area is 169 Å². The average molecular weight is 414 g/mol. The predicted octanol–water partition coefficient (Wildman–Crippen LogP) is 3.13. The van der Waals surface area contributed by atoms with Crippen LogP contribution in [0.4, 0.5) is 5.69 Å². The number of non-ortho nitro benzene ring substituents is 1. The number of nitro benzene ring substituents is 1. The van der Waals surface area contributed by atoms with Crippen molar-refractivity contribution in [3.05, 3.63) is 81.4 Å².